The highest BCUT2D eigenvalue weighted by atomic mass is 32.1. The number of thiocarbonyl (C=S) groups is 1. The maximum absolute atomic E-state index is 8.25. The average Bonchev–Trinajstić information content (AvgIpc) is 1.87. The molecule has 0 amide bonds. The maximum Gasteiger partial charge on any atom is 0.126 e. The van der Waals surface area contributed by atoms with Gasteiger partial charge in [-0.15, -0.1) is 6.58 Å². The van der Waals surface area contributed by atoms with Gasteiger partial charge in [-0.3, -0.25) is 10.7 Å². The van der Waals surface area contributed by atoms with Crippen molar-refractivity contribution in [3.8, 4) is 0 Å². The van der Waals surface area contributed by atoms with E-state index in [0.29, 0.717) is 12.0 Å². The quantitative estimate of drug-likeness (QED) is 0.271. The number of rotatable bonds is 3. The third-order valence-corrected chi connectivity index (χ3v) is 1.19. The summed E-state index contributed by atoms with van der Waals surface area (Å²) in [5.41, 5.74) is 2.50. The van der Waals surface area contributed by atoms with E-state index in [0.717, 1.165) is 0 Å². The fraction of sp³-hybridized carbons (Fsp3) is 0.167. The van der Waals surface area contributed by atoms with Crippen molar-refractivity contribution in [2.24, 2.45) is 0 Å². The van der Waals surface area contributed by atoms with Gasteiger partial charge in [0.2, 0.25) is 0 Å². The average molecular weight is 143 g/mol. The molecule has 0 aliphatic carbocycles. The molecule has 0 radical (unpaired) electrons. The van der Waals surface area contributed by atoms with E-state index < -0.39 is 0 Å². The molecule has 0 saturated heterocycles. The summed E-state index contributed by atoms with van der Waals surface area (Å²) in [5.74, 6) is 0. The Morgan fingerprint density at radius 2 is 2.33 bits per heavy atom. The normalized spacial score (nSPS) is 8.11. The molecule has 0 bridgehead atoms. The number of hydrogen-bond donors (Lipinski definition) is 2. The molecule has 0 aromatic carbocycles. The summed E-state index contributed by atoms with van der Waals surface area (Å²) in [5, 5.41) is 8.25. The van der Waals surface area contributed by atoms with Crippen molar-refractivity contribution < 1.29 is 5.21 Å². The molecule has 3 heteroatoms. The third kappa shape index (κ3) is 3.00. The zero-order valence-electron chi connectivity index (χ0n) is 5.05. The monoisotopic (exact) mass is 143 g/mol. The van der Waals surface area contributed by atoms with Crippen LogP contribution in [0.15, 0.2) is 24.8 Å². The zero-order chi connectivity index (χ0) is 7.28. The van der Waals surface area contributed by atoms with Crippen molar-refractivity contribution in [1.29, 1.82) is 0 Å². The highest BCUT2D eigenvalue weighted by molar-refractivity contribution is 7.80. The van der Waals surface area contributed by atoms with Gasteiger partial charge < -0.3 is 0 Å². The van der Waals surface area contributed by atoms with E-state index in [1.54, 1.807) is 6.08 Å². The van der Waals surface area contributed by atoms with Gasteiger partial charge in [0.25, 0.3) is 0 Å². The van der Waals surface area contributed by atoms with Gasteiger partial charge in [0, 0.05) is 0 Å². The summed E-state index contributed by atoms with van der Waals surface area (Å²) in [6.07, 6.45) is 2.28. The van der Waals surface area contributed by atoms with Crippen molar-refractivity contribution in [2.45, 2.75) is 6.42 Å². The second kappa shape index (κ2) is 4.23. The van der Waals surface area contributed by atoms with Gasteiger partial charge in [0.05, 0.1) is 0 Å². The summed E-state index contributed by atoms with van der Waals surface area (Å²) in [4.78, 5) is 0.273. The molecule has 0 aromatic heterocycles. The Morgan fingerprint density at radius 1 is 1.78 bits per heavy atom. The molecule has 0 aromatic rings. The molecule has 0 unspecified atom stereocenters. The topological polar surface area (TPSA) is 32.3 Å². The van der Waals surface area contributed by atoms with Crippen LogP contribution in [0.3, 0.4) is 0 Å². The van der Waals surface area contributed by atoms with Crippen molar-refractivity contribution in [1.82, 2.24) is 5.48 Å². The van der Waals surface area contributed by atoms with Crippen LogP contribution in [-0.2, 0) is 0 Å². The highest BCUT2D eigenvalue weighted by Crippen LogP contribution is 1.98. The molecule has 2 nitrogen and oxygen atoms in total. The number of allylic oxidation sites excluding steroid dienone is 1. The van der Waals surface area contributed by atoms with Crippen LogP contribution in [0.4, 0.5) is 0 Å². The first-order valence-corrected chi connectivity index (χ1v) is 2.86. The molecular weight excluding hydrogens is 134 g/mol. The molecule has 0 heterocycles. The maximum atomic E-state index is 8.25. The van der Waals surface area contributed by atoms with Gasteiger partial charge in [-0.1, -0.05) is 24.9 Å². The lowest BCUT2D eigenvalue weighted by atomic mass is 10.2. The van der Waals surface area contributed by atoms with E-state index >= 15 is 0 Å². The highest BCUT2D eigenvalue weighted by Gasteiger charge is 1.95. The van der Waals surface area contributed by atoms with Crippen molar-refractivity contribution >= 4 is 17.2 Å². The number of hydrogen-bond acceptors (Lipinski definition) is 2. The van der Waals surface area contributed by atoms with Gasteiger partial charge in [-0.2, -0.15) is 0 Å². The minimum absolute atomic E-state index is 0.273. The van der Waals surface area contributed by atoms with Crippen LogP contribution in [0.25, 0.3) is 0 Å². The molecule has 9 heavy (non-hydrogen) atoms. The lowest BCUT2D eigenvalue weighted by Crippen LogP contribution is -2.17. The molecule has 0 aliphatic heterocycles. The number of hydroxylamine groups is 1. The van der Waals surface area contributed by atoms with Gasteiger partial charge in [0.1, 0.15) is 4.99 Å². The van der Waals surface area contributed by atoms with Gasteiger partial charge in [-0.05, 0) is 12.0 Å². The Bertz CT molecular complexity index is 142. The number of nitrogens with one attached hydrogen (secondary N) is 1. The van der Waals surface area contributed by atoms with Crippen molar-refractivity contribution in [3.05, 3.63) is 24.8 Å². The first-order valence-electron chi connectivity index (χ1n) is 2.45. The van der Waals surface area contributed by atoms with Crippen LogP contribution in [0.2, 0.25) is 0 Å². The summed E-state index contributed by atoms with van der Waals surface area (Å²) < 4.78 is 0. The lowest BCUT2D eigenvalue weighted by molar-refractivity contribution is 0.237. The van der Waals surface area contributed by atoms with Crippen molar-refractivity contribution in [3.63, 3.8) is 0 Å². The molecule has 0 aliphatic rings. The van der Waals surface area contributed by atoms with Crippen LogP contribution in [0.1, 0.15) is 6.42 Å². The van der Waals surface area contributed by atoms with E-state index in [4.69, 9.17) is 5.21 Å². The van der Waals surface area contributed by atoms with Gasteiger partial charge in [-0.25, -0.2) is 0 Å². The standard InChI is InChI=1S/C6H9NOS/c1-3-4-5(2)6(9)7-8/h3,8H,1-2,4H2,(H,7,9). The summed E-state index contributed by atoms with van der Waals surface area (Å²) in [6, 6.07) is 0. The Kier molecular flexibility index (Phi) is 3.92. The van der Waals surface area contributed by atoms with Crippen LogP contribution in [-0.4, -0.2) is 10.2 Å². The molecule has 50 valence electrons. The van der Waals surface area contributed by atoms with E-state index in [-0.39, 0.29) is 4.99 Å². The molecule has 0 spiro atoms. The summed E-state index contributed by atoms with van der Waals surface area (Å²) in [6.45, 7) is 7.07. The smallest absolute Gasteiger partial charge is 0.126 e. The molecule has 0 atom stereocenters. The van der Waals surface area contributed by atoms with Gasteiger partial charge in [0.15, 0.2) is 0 Å². The first kappa shape index (κ1) is 8.33. The Morgan fingerprint density at radius 3 is 2.67 bits per heavy atom. The Balaban J connectivity index is 3.73. The predicted molar refractivity (Wildman–Crippen MR) is 41.5 cm³/mol. The van der Waals surface area contributed by atoms with E-state index in [1.165, 1.54) is 0 Å². The van der Waals surface area contributed by atoms with E-state index in [9.17, 15) is 0 Å². The molecule has 2 N–H and O–H groups in total. The van der Waals surface area contributed by atoms with Crippen LogP contribution in [0.5, 0.6) is 0 Å². The van der Waals surface area contributed by atoms with E-state index in [2.05, 4.69) is 25.4 Å². The van der Waals surface area contributed by atoms with Gasteiger partial charge >= 0.3 is 0 Å². The molecule has 0 saturated carbocycles. The largest absolute Gasteiger partial charge is 0.290 e. The lowest BCUT2D eigenvalue weighted by Gasteiger charge is -2.00. The minimum atomic E-state index is 0.273. The Hall–Kier alpha value is -0.670. The molecular formula is C6H9NOS. The van der Waals surface area contributed by atoms with Crippen LogP contribution in [0, 0.1) is 0 Å². The Labute approximate surface area is 59.8 Å². The second-order valence-electron chi connectivity index (χ2n) is 1.54. The van der Waals surface area contributed by atoms with E-state index in [1.807, 2.05) is 5.48 Å². The fourth-order valence-corrected chi connectivity index (χ4v) is 0.429. The second-order valence-corrected chi connectivity index (χ2v) is 1.95. The molecule has 0 fully saturated rings. The van der Waals surface area contributed by atoms with Crippen LogP contribution >= 0.6 is 12.2 Å². The fourth-order valence-electron chi connectivity index (χ4n) is 0.346. The summed E-state index contributed by atoms with van der Waals surface area (Å²) >= 11 is 4.63. The SMILES string of the molecule is C=CCC(=C)C(=S)NO. The van der Waals surface area contributed by atoms with Crippen LogP contribution < -0.4 is 5.48 Å². The van der Waals surface area contributed by atoms with Crippen molar-refractivity contribution in [2.75, 3.05) is 0 Å². The molecule has 0 rings (SSSR count). The predicted octanol–water partition coefficient (Wildman–Crippen LogP) is 1.42. The third-order valence-electron chi connectivity index (χ3n) is 0.813. The summed E-state index contributed by atoms with van der Waals surface area (Å²) in [7, 11) is 0. The minimum Gasteiger partial charge on any atom is -0.290 e. The first-order chi connectivity index (χ1) is 4.22. The zero-order valence-corrected chi connectivity index (χ0v) is 5.87.